The maximum absolute atomic E-state index is 15.5. The number of aryl methyl sites for hydroxylation is 1. The number of imidazole rings is 1. The number of nitrogens with zero attached hydrogens (tertiary/aromatic N) is 6. The third kappa shape index (κ3) is 5.05. The molecule has 0 aliphatic heterocycles. The van der Waals surface area contributed by atoms with Gasteiger partial charge in [-0.1, -0.05) is 11.6 Å². The molecule has 1 aliphatic rings. The van der Waals surface area contributed by atoms with E-state index in [1.807, 2.05) is 6.92 Å². The number of hydrogen-bond donors (Lipinski definition) is 2. The Morgan fingerprint density at radius 1 is 1.19 bits per heavy atom. The summed E-state index contributed by atoms with van der Waals surface area (Å²) in [6, 6.07) is 12.1. The lowest BCUT2D eigenvalue weighted by Gasteiger charge is -2.39. The van der Waals surface area contributed by atoms with Crippen LogP contribution in [0.2, 0.25) is 5.02 Å². The molecule has 42 heavy (non-hydrogen) atoms. The summed E-state index contributed by atoms with van der Waals surface area (Å²) in [6.45, 7) is 1.91. The highest BCUT2D eigenvalue weighted by atomic mass is 35.5. The van der Waals surface area contributed by atoms with Gasteiger partial charge in [-0.3, -0.25) is 4.98 Å². The van der Waals surface area contributed by atoms with E-state index in [1.165, 1.54) is 6.07 Å². The molecule has 0 bridgehead atoms. The Labute approximate surface area is 244 Å². The molecule has 12 heteroatoms. The van der Waals surface area contributed by atoms with E-state index >= 15 is 4.39 Å². The molecular weight excluding hydrogens is 561 g/mol. The van der Waals surface area contributed by atoms with E-state index in [0.717, 1.165) is 16.7 Å². The first-order valence-electron chi connectivity index (χ1n) is 13.4. The van der Waals surface area contributed by atoms with Crippen LogP contribution in [0.5, 0.6) is 11.8 Å². The van der Waals surface area contributed by atoms with Crippen LogP contribution in [0.4, 0.5) is 9.18 Å². The van der Waals surface area contributed by atoms with Crippen molar-refractivity contribution in [2.45, 2.75) is 50.6 Å². The van der Waals surface area contributed by atoms with Crippen molar-refractivity contribution in [3.8, 4) is 29.0 Å². The highest BCUT2D eigenvalue weighted by molar-refractivity contribution is 6.33. The van der Waals surface area contributed by atoms with E-state index in [9.17, 15) is 15.2 Å². The van der Waals surface area contributed by atoms with E-state index in [0.29, 0.717) is 58.6 Å². The van der Waals surface area contributed by atoms with Crippen LogP contribution in [-0.4, -0.2) is 41.2 Å². The molecule has 6 rings (SSSR count). The number of nitriles is 1. The van der Waals surface area contributed by atoms with Gasteiger partial charge in [0.1, 0.15) is 22.9 Å². The number of fused-ring (bicyclic) bond motifs is 3. The first-order valence-corrected chi connectivity index (χ1v) is 13.7. The summed E-state index contributed by atoms with van der Waals surface area (Å²) < 4.78 is 23.3. The maximum Gasteiger partial charge on any atom is 0.405 e. The Balaban J connectivity index is 1.39. The summed E-state index contributed by atoms with van der Waals surface area (Å²) in [7, 11) is 0. The molecular formula is C30H25ClFN7O3. The second-order valence-electron chi connectivity index (χ2n) is 10.4. The predicted molar refractivity (Wildman–Crippen MR) is 154 cm³/mol. The Kier molecular flexibility index (Phi) is 7.08. The molecule has 1 amide bonds. The quantitative estimate of drug-likeness (QED) is 0.218. The molecule has 0 saturated heterocycles. The van der Waals surface area contributed by atoms with Gasteiger partial charge in [0.15, 0.2) is 0 Å². The number of nitrogens with one attached hydrogen (secondary N) is 1. The molecule has 0 unspecified atom stereocenters. The van der Waals surface area contributed by atoms with Gasteiger partial charge >= 0.3 is 12.1 Å². The first-order chi connectivity index (χ1) is 20.3. The minimum Gasteiger partial charge on any atom is -0.465 e. The predicted octanol–water partition coefficient (Wildman–Crippen LogP) is 6.97. The highest BCUT2D eigenvalue weighted by Gasteiger charge is 2.38. The largest absolute Gasteiger partial charge is 0.465 e. The topological polar surface area (TPSA) is 139 Å². The van der Waals surface area contributed by atoms with Crippen LogP contribution in [0, 0.1) is 24.1 Å². The summed E-state index contributed by atoms with van der Waals surface area (Å²) in [5.41, 5.74) is 1.98. The zero-order chi connectivity index (χ0) is 29.4. The monoisotopic (exact) mass is 585 g/mol. The van der Waals surface area contributed by atoms with Gasteiger partial charge in [0, 0.05) is 47.1 Å². The lowest BCUT2D eigenvalue weighted by Crippen LogP contribution is -2.50. The third-order valence-electron chi connectivity index (χ3n) is 7.83. The average molecular weight is 586 g/mol. The summed E-state index contributed by atoms with van der Waals surface area (Å²) in [5.74, 6) is 0.714. The summed E-state index contributed by atoms with van der Waals surface area (Å²) >= 11 is 6.63. The van der Waals surface area contributed by atoms with Gasteiger partial charge in [-0.2, -0.15) is 5.26 Å². The molecule has 0 radical (unpaired) electrons. The van der Waals surface area contributed by atoms with Gasteiger partial charge in [0.05, 0.1) is 40.3 Å². The Hall–Kier alpha value is -4.82. The average Bonchev–Trinajstić information content (AvgIpc) is 3.30. The fourth-order valence-corrected chi connectivity index (χ4v) is 6.20. The zero-order valence-corrected chi connectivity index (χ0v) is 23.3. The van der Waals surface area contributed by atoms with Crippen molar-refractivity contribution in [3.05, 3.63) is 71.7 Å². The number of carboxylic acid groups (broad SMARTS) is 1. The van der Waals surface area contributed by atoms with E-state index < -0.39 is 17.4 Å². The van der Waals surface area contributed by atoms with Crippen molar-refractivity contribution in [2.24, 2.45) is 0 Å². The number of hydrogen-bond acceptors (Lipinski definition) is 7. The molecule has 212 valence electrons. The molecule has 1 saturated carbocycles. The second-order valence-corrected chi connectivity index (χ2v) is 10.8. The van der Waals surface area contributed by atoms with Crippen LogP contribution in [0.25, 0.3) is 33.1 Å². The van der Waals surface area contributed by atoms with Gasteiger partial charge in [-0.05, 0) is 56.9 Å². The van der Waals surface area contributed by atoms with Crippen LogP contribution in [0.1, 0.15) is 44.0 Å². The SMILES string of the molecule is Cc1nc2cnc3cc(F)c(-c4ccc(Oc5ncccn5)cc4Cl)cc3c2n1C1CCC(CC#N)(NC(=O)O)CC1. The summed E-state index contributed by atoms with van der Waals surface area (Å²) in [6.07, 6.45) is 6.05. The number of rotatable bonds is 6. The van der Waals surface area contributed by atoms with Crippen molar-refractivity contribution in [1.29, 1.82) is 5.26 Å². The lowest BCUT2D eigenvalue weighted by molar-refractivity contribution is 0.152. The molecule has 0 atom stereocenters. The third-order valence-corrected chi connectivity index (χ3v) is 8.14. The lowest BCUT2D eigenvalue weighted by atomic mass is 9.77. The number of amides is 1. The standard InChI is InChI=1S/C30H25ClFN7O3/c1-17-37-26-16-36-25-15-24(32)21(20-4-3-19(13-23(20)31)42-28-34-11-2-12-35-28)14-22(25)27(26)39(17)18-5-7-30(8-6-18,9-10-33)38-29(40)41/h2-4,11-16,18,38H,5-9H2,1H3,(H,40,41). The van der Waals surface area contributed by atoms with Crippen molar-refractivity contribution in [3.63, 3.8) is 0 Å². The van der Waals surface area contributed by atoms with E-state index in [4.69, 9.17) is 21.3 Å². The number of halogens is 2. The van der Waals surface area contributed by atoms with Crippen LogP contribution in [-0.2, 0) is 0 Å². The number of pyridine rings is 1. The van der Waals surface area contributed by atoms with Gasteiger partial charge in [-0.15, -0.1) is 0 Å². The highest BCUT2D eigenvalue weighted by Crippen LogP contribution is 2.41. The molecule has 3 aromatic heterocycles. The van der Waals surface area contributed by atoms with E-state index in [1.54, 1.807) is 48.9 Å². The second kappa shape index (κ2) is 10.9. The molecule has 2 N–H and O–H groups in total. The van der Waals surface area contributed by atoms with Crippen LogP contribution < -0.4 is 10.1 Å². The minimum atomic E-state index is -1.13. The van der Waals surface area contributed by atoms with Crippen molar-refractivity contribution in [1.82, 2.24) is 29.8 Å². The maximum atomic E-state index is 15.5. The van der Waals surface area contributed by atoms with Gasteiger partial charge in [-0.25, -0.2) is 24.1 Å². The summed E-state index contributed by atoms with van der Waals surface area (Å²) in [4.78, 5) is 28.7. The van der Waals surface area contributed by atoms with E-state index in [-0.39, 0.29) is 18.5 Å². The fourth-order valence-electron chi connectivity index (χ4n) is 5.93. The van der Waals surface area contributed by atoms with Crippen LogP contribution in [0.15, 0.2) is 55.0 Å². The van der Waals surface area contributed by atoms with Crippen LogP contribution in [0.3, 0.4) is 0 Å². The number of carbonyl (C=O) groups is 1. The van der Waals surface area contributed by atoms with Gasteiger partial charge in [0.25, 0.3) is 0 Å². The normalized spacial score (nSPS) is 18.6. The smallest absolute Gasteiger partial charge is 0.405 e. The van der Waals surface area contributed by atoms with Gasteiger partial charge in [0.2, 0.25) is 0 Å². The zero-order valence-electron chi connectivity index (χ0n) is 22.5. The minimum absolute atomic E-state index is 0.0109. The Bertz CT molecular complexity index is 1860. The molecule has 1 fully saturated rings. The van der Waals surface area contributed by atoms with Crippen molar-refractivity contribution in [2.75, 3.05) is 0 Å². The number of aromatic nitrogens is 5. The van der Waals surface area contributed by atoms with Gasteiger partial charge < -0.3 is 19.7 Å². The van der Waals surface area contributed by atoms with E-state index in [2.05, 4.69) is 30.9 Å². The van der Waals surface area contributed by atoms with Crippen molar-refractivity contribution >= 4 is 39.6 Å². The van der Waals surface area contributed by atoms with Crippen LogP contribution >= 0.6 is 11.6 Å². The number of ether oxygens (including phenoxy) is 1. The molecule has 2 aromatic carbocycles. The summed E-state index contributed by atoms with van der Waals surface area (Å²) in [5, 5.41) is 22.3. The molecule has 1 aliphatic carbocycles. The molecule has 5 aromatic rings. The molecule has 0 spiro atoms. The Morgan fingerprint density at radius 2 is 1.95 bits per heavy atom. The Morgan fingerprint density at radius 3 is 2.64 bits per heavy atom. The molecule has 3 heterocycles. The molecule has 10 nitrogen and oxygen atoms in total. The fraction of sp³-hybridized carbons (Fsp3) is 0.267. The van der Waals surface area contributed by atoms with Crippen molar-refractivity contribution < 1.29 is 19.0 Å². The first kappa shape index (κ1) is 27.4. The number of benzene rings is 2.